The van der Waals surface area contributed by atoms with Crippen molar-refractivity contribution in [3.05, 3.63) is 29.3 Å². The lowest BCUT2D eigenvalue weighted by Crippen LogP contribution is -2.50. The van der Waals surface area contributed by atoms with Gasteiger partial charge in [0.1, 0.15) is 5.75 Å². The third kappa shape index (κ3) is 4.85. The molecule has 0 aromatic heterocycles. The summed E-state index contributed by atoms with van der Waals surface area (Å²) in [6, 6.07) is 6.19. The van der Waals surface area contributed by atoms with Crippen molar-refractivity contribution in [3.63, 3.8) is 0 Å². The number of methoxy groups -OCH3 is 2. The van der Waals surface area contributed by atoms with Gasteiger partial charge in [0.2, 0.25) is 0 Å². The number of aliphatic imine (C=N–C) groups is 1. The summed E-state index contributed by atoms with van der Waals surface area (Å²) in [4.78, 5) is 4.29. The summed E-state index contributed by atoms with van der Waals surface area (Å²) in [5.74, 6) is 1.64. The Morgan fingerprint density at radius 2 is 2.00 bits per heavy atom. The maximum atomic E-state index is 5.74. The number of hydrogen-bond acceptors (Lipinski definition) is 4. The van der Waals surface area contributed by atoms with Gasteiger partial charge in [-0.05, 0) is 18.6 Å². The largest absolute Gasteiger partial charge is 0.496 e. The van der Waals surface area contributed by atoms with E-state index in [9.17, 15) is 0 Å². The molecule has 0 unspecified atom stereocenters. The van der Waals surface area contributed by atoms with Gasteiger partial charge in [-0.15, -0.1) is 0 Å². The Morgan fingerprint density at radius 3 is 2.62 bits per heavy atom. The maximum absolute atomic E-state index is 5.74. The molecular weight excluding hydrogens is 306 g/mol. The van der Waals surface area contributed by atoms with Gasteiger partial charge in [-0.25, -0.2) is 0 Å². The summed E-state index contributed by atoms with van der Waals surface area (Å²) in [5, 5.41) is 6.70. The molecule has 0 bridgehead atoms. The molecule has 2 rings (SSSR count). The van der Waals surface area contributed by atoms with E-state index < -0.39 is 0 Å². The second-order valence-corrected chi connectivity index (χ2v) is 6.09. The highest BCUT2D eigenvalue weighted by Gasteiger charge is 2.32. The van der Waals surface area contributed by atoms with Crippen LogP contribution in [0.3, 0.4) is 0 Å². The minimum atomic E-state index is -0.183. The van der Waals surface area contributed by atoms with Crippen molar-refractivity contribution in [2.75, 3.05) is 41.0 Å². The van der Waals surface area contributed by atoms with Crippen molar-refractivity contribution in [2.45, 2.75) is 31.9 Å². The normalized spacial score (nSPS) is 17.4. The minimum absolute atomic E-state index is 0.183. The average molecular weight is 335 g/mol. The highest BCUT2D eigenvalue weighted by atomic mass is 16.5. The zero-order valence-electron chi connectivity index (χ0n) is 15.1. The quantitative estimate of drug-likeness (QED) is 0.614. The highest BCUT2D eigenvalue weighted by molar-refractivity contribution is 5.79. The molecule has 1 heterocycles. The topological polar surface area (TPSA) is 64.1 Å². The Kier molecular flexibility index (Phi) is 6.87. The Hall–Kier alpha value is -1.79. The van der Waals surface area contributed by atoms with Crippen molar-refractivity contribution in [3.8, 4) is 5.75 Å². The lowest BCUT2D eigenvalue weighted by atomic mass is 9.94. The van der Waals surface area contributed by atoms with Gasteiger partial charge in [-0.1, -0.05) is 12.1 Å². The fourth-order valence-electron chi connectivity index (χ4n) is 2.84. The van der Waals surface area contributed by atoms with Crippen LogP contribution >= 0.6 is 0 Å². The summed E-state index contributed by atoms with van der Waals surface area (Å²) < 4.78 is 16.6. The first-order valence-electron chi connectivity index (χ1n) is 8.33. The van der Waals surface area contributed by atoms with E-state index in [2.05, 4.69) is 34.7 Å². The number of ether oxygens (including phenoxy) is 3. The third-order valence-corrected chi connectivity index (χ3v) is 4.53. The molecule has 6 nitrogen and oxygen atoms in total. The first-order chi connectivity index (χ1) is 11.6. The molecule has 0 atom stereocenters. The van der Waals surface area contributed by atoms with Gasteiger partial charge in [0.05, 0.1) is 12.7 Å². The standard InChI is InChI=1S/C18H29N3O3/c1-14-5-6-15(16(11-14)22-3)12-20-17(19-2)21-13-18(23-4)7-9-24-10-8-18/h5-6,11H,7-10,12-13H2,1-4H3,(H2,19,20,21). The molecule has 134 valence electrons. The van der Waals surface area contributed by atoms with Gasteiger partial charge >= 0.3 is 0 Å². The van der Waals surface area contributed by atoms with Crippen molar-refractivity contribution in [1.82, 2.24) is 10.6 Å². The number of benzene rings is 1. The fraction of sp³-hybridized carbons (Fsp3) is 0.611. The predicted octanol–water partition coefficient (Wildman–Crippen LogP) is 1.86. The van der Waals surface area contributed by atoms with Gasteiger partial charge in [-0.3, -0.25) is 4.99 Å². The smallest absolute Gasteiger partial charge is 0.191 e. The Bertz CT molecular complexity index is 554. The highest BCUT2D eigenvalue weighted by Crippen LogP contribution is 2.23. The fourth-order valence-corrected chi connectivity index (χ4v) is 2.84. The summed E-state index contributed by atoms with van der Waals surface area (Å²) >= 11 is 0. The molecule has 0 radical (unpaired) electrons. The molecule has 0 saturated carbocycles. The number of aryl methyl sites for hydroxylation is 1. The Morgan fingerprint density at radius 1 is 1.25 bits per heavy atom. The summed E-state index contributed by atoms with van der Waals surface area (Å²) in [6.07, 6.45) is 1.78. The number of nitrogens with one attached hydrogen (secondary N) is 2. The van der Waals surface area contributed by atoms with E-state index in [1.165, 1.54) is 5.56 Å². The first-order valence-corrected chi connectivity index (χ1v) is 8.33. The van der Waals surface area contributed by atoms with Crippen LogP contribution in [0.2, 0.25) is 0 Å². The molecule has 1 saturated heterocycles. The third-order valence-electron chi connectivity index (χ3n) is 4.53. The second kappa shape index (κ2) is 8.89. The van der Waals surface area contributed by atoms with Crippen molar-refractivity contribution >= 4 is 5.96 Å². The Labute approximate surface area is 144 Å². The second-order valence-electron chi connectivity index (χ2n) is 6.09. The number of rotatable bonds is 6. The van der Waals surface area contributed by atoms with E-state index in [-0.39, 0.29) is 5.60 Å². The number of hydrogen-bond donors (Lipinski definition) is 2. The molecule has 1 aromatic rings. The van der Waals surface area contributed by atoms with Crippen molar-refractivity contribution in [2.24, 2.45) is 4.99 Å². The summed E-state index contributed by atoms with van der Waals surface area (Å²) in [7, 11) is 5.23. The Balaban J connectivity index is 1.91. The number of guanidine groups is 1. The zero-order chi connectivity index (χ0) is 17.4. The van der Waals surface area contributed by atoms with Crippen LogP contribution in [-0.4, -0.2) is 52.6 Å². The molecule has 2 N–H and O–H groups in total. The number of nitrogens with zero attached hydrogens (tertiary/aromatic N) is 1. The van der Waals surface area contributed by atoms with Gasteiger partial charge in [-0.2, -0.15) is 0 Å². The lowest BCUT2D eigenvalue weighted by molar-refractivity contribution is -0.0855. The van der Waals surface area contributed by atoms with Crippen molar-refractivity contribution in [1.29, 1.82) is 0 Å². The summed E-state index contributed by atoms with van der Waals surface area (Å²) in [6.45, 7) is 4.88. The van der Waals surface area contributed by atoms with Gasteiger partial charge < -0.3 is 24.8 Å². The molecule has 1 aliphatic rings. The molecule has 1 fully saturated rings. The molecule has 1 aromatic carbocycles. The van der Waals surface area contributed by atoms with E-state index >= 15 is 0 Å². The van der Waals surface area contributed by atoms with E-state index in [1.54, 1.807) is 21.3 Å². The van der Waals surface area contributed by atoms with Gasteiger partial charge in [0, 0.05) is 58.9 Å². The SMILES string of the molecule is CN=C(NCc1ccc(C)cc1OC)NCC1(OC)CCOCC1. The van der Waals surface area contributed by atoms with E-state index in [0.717, 1.165) is 43.3 Å². The molecular formula is C18H29N3O3. The molecule has 1 aliphatic heterocycles. The lowest BCUT2D eigenvalue weighted by Gasteiger charge is -2.36. The van der Waals surface area contributed by atoms with Gasteiger partial charge in [0.25, 0.3) is 0 Å². The van der Waals surface area contributed by atoms with Crippen LogP contribution in [0.1, 0.15) is 24.0 Å². The average Bonchev–Trinajstić information content (AvgIpc) is 2.63. The summed E-state index contributed by atoms with van der Waals surface area (Å²) in [5.41, 5.74) is 2.09. The van der Waals surface area contributed by atoms with Crippen LogP contribution in [0, 0.1) is 6.92 Å². The van der Waals surface area contributed by atoms with E-state index in [0.29, 0.717) is 13.1 Å². The van der Waals surface area contributed by atoms with Crippen LogP contribution < -0.4 is 15.4 Å². The molecule has 0 aliphatic carbocycles. The molecule has 24 heavy (non-hydrogen) atoms. The molecule has 0 amide bonds. The molecule has 0 spiro atoms. The van der Waals surface area contributed by atoms with Crippen LogP contribution in [0.25, 0.3) is 0 Å². The zero-order valence-corrected chi connectivity index (χ0v) is 15.1. The van der Waals surface area contributed by atoms with Crippen LogP contribution in [-0.2, 0) is 16.0 Å². The predicted molar refractivity (Wildman–Crippen MR) is 95.7 cm³/mol. The van der Waals surface area contributed by atoms with Crippen LogP contribution in [0.5, 0.6) is 5.75 Å². The maximum Gasteiger partial charge on any atom is 0.191 e. The van der Waals surface area contributed by atoms with Gasteiger partial charge in [0.15, 0.2) is 5.96 Å². The van der Waals surface area contributed by atoms with Crippen molar-refractivity contribution < 1.29 is 14.2 Å². The van der Waals surface area contributed by atoms with E-state index in [4.69, 9.17) is 14.2 Å². The monoisotopic (exact) mass is 335 g/mol. The molecule has 6 heteroatoms. The van der Waals surface area contributed by atoms with E-state index in [1.807, 2.05) is 6.07 Å². The minimum Gasteiger partial charge on any atom is -0.496 e. The first kappa shape index (κ1) is 18.5. The van der Waals surface area contributed by atoms with Crippen LogP contribution in [0.15, 0.2) is 23.2 Å². The van der Waals surface area contributed by atoms with Crippen LogP contribution in [0.4, 0.5) is 0 Å².